The van der Waals surface area contributed by atoms with Crippen molar-refractivity contribution in [1.29, 1.82) is 0 Å². The van der Waals surface area contributed by atoms with Crippen LogP contribution in [0.2, 0.25) is 0 Å². The van der Waals surface area contributed by atoms with Crippen LogP contribution in [-0.4, -0.2) is 13.1 Å². The van der Waals surface area contributed by atoms with Gasteiger partial charge in [0.2, 0.25) is 0 Å². The van der Waals surface area contributed by atoms with Crippen molar-refractivity contribution in [3.05, 3.63) is 71.0 Å². The van der Waals surface area contributed by atoms with Crippen molar-refractivity contribution in [2.24, 2.45) is 0 Å². The average Bonchev–Trinajstić information content (AvgIpc) is 2.42. The van der Waals surface area contributed by atoms with Gasteiger partial charge in [0.1, 0.15) is 17.5 Å². The zero-order valence-electron chi connectivity index (χ0n) is 11.2. The Bertz CT molecular complexity index is 584. The normalized spacial score (nSPS) is 12.4. The molecular formula is C16H16F3N. The molecule has 0 spiro atoms. The highest BCUT2D eigenvalue weighted by molar-refractivity contribution is 5.22. The van der Waals surface area contributed by atoms with Crippen molar-refractivity contribution in [2.45, 2.75) is 18.9 Å². The first kappa shape index (κ1) is 14.6. The lowest BCUT2D eigenvalue weighted by Gasteiger charge is -2.17. The van der Waals surface area contributed by atoms with Gasteiger partial charge >= 0.3 is 0 Å². The highest BCUT2D eigenvalue weighted by Crippen LogP contribution is 2.14. The van der Waals surface area contributed by atoms with Crippen molar-refractivity contribution >= 4 is 0 Å². The zero-order chi connectivity index (χ0) is 14.5. The van der Waals surface area contributed by atoms with Gasteiger partial charge in [-0.25, -0.2) is 13.2 Å². The van der Waals surface area contributed by atoms with E-state index >= 15 is 0 Å². The van der Waals surface area contributed by atoms with Gasteiger partial charge in [-0.3, -0.25) is 0 Å². The fourth-order valence-electron chi connectivity index (χ4n) is 2.19. The van der Waals surface area contributed by atoms with E-state index < -0.39 is 11.6 Å². The number of hydrogen-bond donors (Lipinski definition) is 1. The first-order valence-corrected chi connectivity index (χ1v) is 6.44. The second-order valence-electron chi connectivity index (χ2n) is 4.76. The van der Waals surface area contributed by atoms with E-state index in [1.54, 1.807) is 13.1 Å². The molecule has 0 amide bonds. The summed E-state index contributed by atoms with van der Waals surface area (Å²) in [6, 6.07) is 9.62. The van der Waals surface area contributed by atoms with Crippen LogP contribution in [0.1, 0.15) is 11.1 Å². The highest BCUT2D eigenvalue weighted by atomic mass is 19.1. The summed E-state index contributed by atoms with van der Waals surface area (Å²) in [7, 11) is 1.75. The monoisotopic (exact) mass is 279 g/mol. The number of hydrogen-bond acceptors (Lipinski definition) is 1. The third-order valence-electron chi connectivity index (χ3n) is 3.25. The van der Waals surface area contributed by atoms with Crippen LogP contribution in [0, 0.1) is 17.5 Å². The quantitative estimate of drug-likeness (QED) is 0.883. The largest absolute Gasteiger partial charge is 0.316 e. The lowest BCUT2D eigenvalue weighted by Crippen LogP contribution is -2.30. The molecule has 0 saturated heterocycles. The second-order valence-corrected chi connectivity index (χ2v) is 4.76. The van der Waals surface area contributed by atoms with Crippen molar-refractivity contribution in [3.63, 3.8) is 0 Å². The third kappa shape index (κ3) is 3.84. The molecule has 0 aliphatic rings. The van der Waals surface area contributed by atoms with Crippen LogP contribution in [0.4, 0.5) is 13.2 Å². The maximum Gasteiger partial charge on any atom is 0.126 e. The summed E-state index contributed by atoms with van der Waals surface area (Å²) in [6.45, 7) is 0. The first-order chi connectivity index (χ1) is 9.58. The number of likely N-dealkylation sites (N-methyl/N-ethyl adjacent to an activating group) is 1. The Morgan fingerprint density at radius 1 is 0.950 bits per heavy atom. The molecule has 0 aromatic heterocycles. The predicted molar refractivity (Wildman–Crippen MR) is 73.0 cm³/mol. The summed E-state index contributed by atoms with van der Waals surface area (Å²) in [5, 5.41) is 3.05. The molecule has 0 radical (unpaired) electrons. The van der Waals surface area contributed by atoms with Crippen LogP contribution in [0.25, 0.3) is 0 Å². The van der Waals surface area contributed by atoms with Crippen molar-refractivity contribution in [2.75, 3.05) is 7.05 Å². The molecule has 2 aromatic rings. The maximum absolute atomic E-state index is 13.6. The van der Waals surface area contributed by atoms with Crippen LogP contribution in [0.5, 0.6) is 0 Å². The lowest BCUT2D eigenvalue weighted by atomic mass is 9.98. The Hall–Kier alpha value is -1.81. The minimum atomic E-state index is -0.456. The van der Waals surface area contributed by atoms with Gasteiger partial charge < -0.3 is 5.32 Å². The Balaban J connectivity index is 2.11. The van der Waals surface area contributed by atoms with Gasteiger partial charge in [-0.05, 0) is 61.3 Å². The number of nitrogens with one attached hydrogen (secondary N) is 1. The lowest BCUT2D eigenvalue weighted by molar-refractivity contribution is 0.524. The molecular weight excluding hydrogens is 263 g/mol. The fraction of sp³-hybridized carbons (Fsp3) is 0.250. The van der Waals surface area contributed by atoms with E-state index in [2.05, 4.69) is 5.32 Å². The summed E-state index contributed by atoms with van der Waals surface area (Å²) in [6.07, 6.45) is 0.890. The van der Waals surface area contributed by atoms with Crippen molar-refractivity contribution < 1.29 is 13.2 Å². The summed E-state index contributed by atoms with van der Waals surface area (Å²) in [5.41, 5.74) is 1.14. The van der Waals surface area contributed by atoms with Crippen LogP contribution < -0.4 is 5.32 Å². The van der Waals surface area contributed by atoms with E-state index in [-0.39, 0.29) is 11.9 Å². The second kappa shape index (κ2) is 6.57. The molecule has 0 heterocycles. The highest BCUT2D eigenvalue weighted by Gasteiger charge is 2.12. The summed E-state index contributed by atoms with van der Waals surface area (Å²) < 4.78 is 39.9. The third-order valence-corrected chi connectivity index (χ3v) is 3.25. The molecule has 106 valence electrons. The van der Waals surface area contributed by atoms with Gasteiger partial charge in [0.25, 0.3) is 0 Å². The van der Waals surface area contributed by atoms with Crippen molar-refractivity contribution in [1.82, 2.24) is 5.32 Å². The Labute approximate surface area is 116 Å². The molecule has 0 fully saturated rings. The molecule has 0 bridgehead atoms. The first-order valence-electron chi connectivity index (χ1n) is 6.44. The minimum absolute atomic E-state index is 0.0897. The number of benzene rings is 2. The summed E-state index contributed by atoms with van der Waals surface area (Å²) >= 11 is 0. The van der Waals surface area contributed by atoms with E-state index in [0.29, 0.717) is 18.4 Å². The Morgan fingerprint density at radius 2 is 1.70 bits per heavy atom. The molecule has 1 atom stereocenters. The maximum atomic E-state index is 13.6. The van der Waals surface area contributed by atoms with Crippen molar-refractivity contribution in [3.8, 4) is 0 Å². The average molecular weight is 279 g/mol. The molecule has 0 aliphatic carbocycles. The molecule has 1 unspecified atom stereocenters. The predicted octanol–water partition coefficient (Wildman–Crippen LogP) is 3.48. The van der Waals surface area contributed by atoms with Crippen LogP contribution in [-0.2, 0) is 12.8 Å². The fourth-order valence-corrected chi connectivity index (χ4v) is 2.19. The van der Waals surface area contributed by atoms with Crippen LogP contribution >= 0.6 is 0 Å². The summed E-state index contributed by atoms with van der Waals surface area (Å²) in [4.78, 5) is 0. The van der Waals surface area contributed by atoms with Gasteiger partial charge in [0.15, 0.2) is 0 Å². The standard InChI is InChI=1S/C16H16F3N/c1-20-15(8-11-3-2-4-13(17)7-11)10-12-9-14(18)5-6-16(12)19/h2-7,9,15,20H,8,10H2,1H3. The Kier molecular flexibility index (Phi) is 4.79. The van der Waals surface area contributed by atoms with E-state index in [1.807, 2.05) is 6.07 Å². The smallest absolute Gasteiger partial charge is 0.126 e. The van der Waals surface area contributed by atoms with Gasteiger partial charge in [-0.1, -0.05) is 12.1 Å². The number of halogens is 3. The molecule has 0 saturated carbocycles. The molecule has 1 N–H and O–H groups in total. The van der Waals surface area contributed by atoms with E-state index in [9.17, 15) is 13.2 Å². The van der Waals surface area contributed by atoms with Crippen LogP contribution in [0.3, 0.4) is 0 Å². The topological polar surface area (TPSA) is 12.0 Å². The van der Waals surface area contributed by atoms with Gasteiger partial charge in [-0.15, -0.1) is 0 Å². The zero-order valence-corrected chi connectivity index (χ0v) is 11.2. The molecule has 4 heteroatoms. The van der Waals surface area contributed by atoms with Gasteiger partial charge in [-0.2, -0.15) is 0 Å². The Morgan fingerprint density at radius 3 is 2.40 bits per heavy atom. The molecule has 1 nitrogen and oxygen atoms in total. The van der Waals surface area contributed by atoms with E-state index in [0.717, 1.165) is 17.7 Å². The number of rotatable bonds is 5. The minimum Gasteiger partial charge on any atom is -0.316 e. The molecule has 2 aromatic carbocycles. The van der Waals surface area contributed by atoms with Gasteiger partial charge in [0.05, 0.1) is 0 Å². The van der Waals surface area contributed by atoms with E-state index in [1.165, 1.54) is 18.2 Å². The van der Waals surface area contributed by atoms with Gasteiger partial charge in [0, 0.05) is 6.04 Å². The summed E-state index contributed by atoms with van der Waals surface area (Å²) in [5.74, 6) is -1.18. The SMILES string of the molecule is CNC(Cc1cccc(F)c1)Cc1cc(F)ccc1F. The molecule has 0 aliphatic heterocycles. The molecule has 20 heavy (non-hydrogen) atoms. The van der Waals surface area contributed by atoms with E-state index in [4.69, 9.17) is 0 Å². The van der Waals surface area contributed by atoms with Crippen LogP contribution in [0.15, 0.2) is 42.5 Å². The molecule has 2 rings (SSSR count).